The van der Waals surface area contributed by atoms with Crippen LogP contribution in [0.3, 0.4) is 0 Å². The van der Waals surface area contributed by atoms with Crippen molar-refractivity contribution < 1.29 is 30.2 Å². The molecule has 1 unspecified atom stereocenters. The molecule has 0 fully saturated rings. The summed E-state index contributed by atoms with van der Waals surface area (Å²) < 4.78 is 17.8. The van der Waals surface area contributed by atoms with Crippen LogP contribution < -0.4 is 4.74 Å². The van der Waals surface area contributed by atoms with E-state index in [-0.39, 0.29) is 21.1 Å². The number of aryl methyl sites for hydroxylation is 2. The predicted molar refractivity (Wildman–Crippen MR) is 226 cm³/mol. The fourth-order valence-electron chi connectivity index (χ4n) is 8.79. The van der Waals surface area contributed by atoms with Gasteiger partial charge in [0.1, 0.15) is 5.58 Å². The zero-order valence-electron chi connectivity index (χ0n) is 31.6. The standard InChI is InChI=1S/C50H33N5O2.Pt/c1-29-16-18-36(22-30(29)2)54-49-45(55-44-15-9-8-14-42(44)52-50(54)55)20-21-46(53-49)56-37-26-40-39-19-17-32-12-6-7-13-38(32)47(39)57-48(40)41(27-37)43-25-34-23-33(24-35(34)28-51-43)31-10-4-3-5-11-31;/h3-17,19-22,25-26,28,33H,23-24H2,1-2H3;/q-2;+2. The van der Waals surface area contributed by atoms with Gasteiger partial charge in [-0.2, -0.15) is 28.2 Å². The second-order valence-electron chi connectivity index (χ2n) is 15.2. The van der Waals surface area contributed by atoms with Gasteiger partial charge in [-0.3, -0.25) is 8.97 Å². The smallest absolute Gasteiger partial charge is 0.500 e. The summed E-state index contributed by atoms with van der Waals surface area (Å²) in [5.74, 6) is 2.15. The topological polar surface area (TPSA) is 70.4 Å². The molecule has 280 valence electrons. The van der Waals surface area contributed by atoms with Crippen LogP contribution in [0.1, 0.15) is 33.7 Å². The zero-order chi connectivity index (χ0) is 37.8. The molecule has 6 aromatic carbocycles. The summed E-state index contributed by atoms with van der Waals surface area (Å²) in [6.45, 7) is 4.21. The first-order valence-corrected chi connectivity index (χ1v) is 19.3. The van der Waals surface area contributed by atoms with Crippen molar-refractivity contribution in [2.45, 2.75) is 32.6 Å². The summed E-state index contributed by atoms with van der Waals surface area (Å²) >= 11 is 0. The van der Waals surface area contributed by atoms with Crippen LogP contribution in [-0.2, 0) is 33.9 Å². The van der Waals surface area contributed by atoms with E-state index in [1.165, 1.54) is 27.8 Å². The molecule has 1 atom stereocenters. The number of imidazole rings is 2. The Morgan fingerprint density at radius 3 is 2.45 bits per heavy atom. The molecular formula is C50H33N5O2Pt. The van der Waals surface area contributed by atoms with Crippen LogP contribution in [0.4, 0.5) is 0 Å². The van der Waals surface area contributed by atoms with Gasteiger partial charge in [0, 0.05) is 28.8 Å². The van der Waals surface area contributed by atoms with Gasteiger partial charge >= 0.3 is 21.1 Å². The Bertz CT molecular complexity index is 3440. The Labute approximate surface area is 347 Å². The number of rotatable bonds is 5. The fraction of sp³-hybridized carbons (Fsp3) is 0.100. The third-order valence-corrected chi connectivity index (χ3v) is 11.8. The van der Waals surface area contributed by atoms with Crippen LogP contribution in [0.2, 0.25) is 0 Å². The summed E-state index contributed by atoms with van der Waals surface area (Å²) in [6, 6.07) is 51.0. The normalized spacial score (nSPS) is 13.9. The van der Waals surface area contributed by atoms with Crippen LogP contribution in [0.15, 0.2) is 138 Å². The quantitative estimate of drug-likeness (QED) is 0.161. The first kappa shape index (κ1) is 34.7. The van der Waals surface area contributed by atoms with Crippen LogP contribution in [0.25, 0.3) is 77.6 Å². The molecular weight excluding hydrogens is 898 g/mol. The van der Waals surface area contributed by atoms with Crippen molar-refractivity contribution in [3.63, 3.8) is 0 Å². The third-order valence-electron chi connectivity index (χ3n) is 11.8. The Balaban J connectivity index is 0.00000385. The molecule has 0 aliphatic heterocycles. The minimum atomic E-state index is 0. The Morgan fingerprint density at radius 2 is 1.55 bits per heavy atom. The van der Waals surface area contributed by atoms with Crippen LogP contribution >= 0.6 is 0 Å². The van der Waals surface area contributed by atoms with E-state index in [2.05, 4.69) is 126 Å². The van der Waals surface area contributed by atoms with Crippen molar-refractivity contribution in [1.82, 2.24) is 23.9 Å². The van der Waals surface area contributed by atoms with Gasteiger partial charge in [-0.15, -0.1) is 6.07 Å². The summed E-state index contributed by atoms with van der Waals surface area (Å²) in [4.78, 5) is 15.3. The molecule has 8 heteroatoms. The van der Waals surface area contributed by atoms with E-state index in [0.29, 0.717) is 17.5 Å². The van der Waals surface area contributed by atoms with Crippen molar-refractivity contribution in [3.05, 3.63) is 174 Å². The molecule has 1 aliphatic rings. The number of hydrogen-bond donors (Lipinski definition) is 0. The molecule has 0 amide bonds. The second-order valence-corrected chi connectivity index (χ2v) is 15.2. The number of benzene rings is 6. The summed E-state index contributed by atoms with van der Waals surface area (Å²) in [7, 11) is 0. The average molecular weight is 931 g/mol. The van der Waals surface area contributed by atoms with E-state index in [4.69, 9.17) is 24.1 Å². The van der Waals surface area contributed by atoms with E-state index in [1.807, 2.05) is 42.6 Å². The molecule has 5 heterocycles. The van der Waals surface area contributed by atoms with Gasteiger partial charge in [0.2, 0.25) is 11.7 Å². The minimum Gasteiger partial charge on any atom is -0.500 e. The number of ether oxygens (including phenoxy) is 1. The molecule has 58 heavy (non-hydrogen) atoms. The first-order valence-electron chi connectivity index (χ1n) is 19.3. The predicted octanol–water partition coefficient (Wildman–Crippen LogP) is 11.8. The maximum atomic E-state index is 6.81. The monoisotopic (exact) mass is 930 g/mol. The van der Waals surface area contributed by atoms with Crippen LogP contribution in [0, 0.1) is 26.0 Å². The minimum absolute atomic E-state index is 0. The first-order chi connectivity index (χ1) is 28.0. The number of aromatic nitrogens is 5. The van der Waals surface area contributed by atoms with E-state index < -0.39 is 0 Å². The maximum Gasteiger partial charge on any atom is 2.00 e. The molecule has 0 saturated carbocycles. The average Bonchev–Trinajstić information content (AvgIpc) is 4.02. The number of pyridine rings is 2. The molecule has 5 aromatic heterocycles. The van der Waals surface area contributed by atoms with Crippen molar-refractivity contribution in [2.75, 3.05) is 0 Å². The van der Waals surface area contributed by atoms with Crippen LogP contribution in [0.5, 0.6) is 11.6 Å². The van der Waals surface area contributed by atoms with E-state index in [9.17, 15) is 0 Å². The fourth-order valence-corrected chi connectivity index (χ4v) is 8.79. The molecule has 1 aliphatic carbocycles. The van der Waals surface area contributed by atoms with Gasteiger partial charge in [0.25, 0.3) is 0 Å². The Morgan fingerprint density at radius 1 is 0.724 bits per heavy atom. The van der Waals surface area contributed by atoms with Gasteiger partial charge in [0.15, 0.2) is 5.65 Å². The number of para-hydroxylation sites is 2. The van der Waals surface area contributed by atoms with E-state index >= 15 is 0 Å². The van der Waals surface area contributed by atoms with Crippen molar-refractivity contribution in [1.29, 1.82) is 0 Å². The number of nitrogens with zero attached hydrogens (tertiary/aromatic N) is 5. The second kappa shape index (κ2) is 13.3. The van der Waals surface area contributed by atoms with Crippen molar-refractivity contribution in [2.24, 2.45) is 0 Å². The SMILES string of the molecule is Cc1c[c-]c(-n2c3nc(Oc4[c-]c(-c5cc6c(cn5)CC(c5ccccc5)C6)c5oc6c7ccccc7ccc6c5c4)ccc3n3c4ccccc4nc23)cc1C.[Pt+2]. The van der Waals surface area contributed by atoms with Gasteiger partial charge in [-0.1, -0.05) is 128 Å². The molecule has 0 radical (unpaired) electrons. The van der Waals surface area contributed by atoms with Crippen molar-refractivity contribution in [3.8, 4) is 28.6 Å². The Kier molecular flexibility index (Phi) is 7.92. The van der Waals surface area contributed by atoms with Gasteiger partial charge in [0.05, 0.1) is 22.1 Å². The van der Waals surface area contributed by atoms with E-state index in [0.717, 1.165) is 90.5 Å². The maximum absolute atomic E-state index is 6.81. The van der Waals surface area contributed by atoms with Crippen LogP contribution in [-0.4, -0.2) is 23.9 Å². The zero-order valence-corrected chi connectivity index (χ0v) is 33.8. The number of hydrogen-bond acceptors (Lipinski definition) is 5. The van der Waals surface area contributed by atoms with Gasteiger partial charge in [-0.25, -0.2) is 4.98 Å². The number of fused-ring (bicyclic) bond motifs is 11. The van der Waals surface area contributed by atoms with Gasteiger partial charge in [-0.05, 0) is 64.7 Å². The molecule has 7 nitrogen and oxygen atoms in total. The van der Waals surface area contributed by atoms with Crippen molar-refractivity contribution >= 4 is 60.7 Å². The van der Waals surface area contributed by atoms with Gasteiger partial charge < -0.3 is 14.1 Å². The molecule has 0 saturated heterocycles. The molecule has 0 spiro atoms. The summed E-state index contributed by atoms with van der Waals surface area (Å²) in [5.41, 5.74) is 13.8. The summed E-state index contributed by atoms with van der Waals surface area (Å²) in [6.07, 6.45) is 3.97. The third kappa shape index (κ3) is 5.34. The molecule has 0 bridgehead atoms. The largest absolute Gasteiger partial charge is 2.00 e. The molecule has 0 N–H and O–H groups in total. The molecule has 12 rings (SSSR count). The Hall–Kier alpha value is -6.56. The number of furan rings is 1. The summed E-state index contributed by atoms with van der Waals surface area (Å²) in [5, 5.41) is 4.11. The van der Waals surface area contributed by atoms with E-state index in [1.54, 1.807) is 0 Å². The molecule has 11 aromatic rings.